The van der Waals surface area contributed by atoms with Crippen LogP contribution < -0.4 is 10.6 Å². The number of aromatic nitrogens is 2. The van der Waals surface area contributed by atoms with Crippen molar-refractivity contribution in [3.8, 4) is 0 Å². The zero-order valence-electron chi connectivity index (χ0n) is 13.5. The molecule has 0 aliphatic carbocycles. The van der Waals surface area contributed by atoms with Gasteiger partial charge in [-0.15, -0.1) is 0 Å². The van der Waals surface area contributed by atoms with Crippen molar-refractivity contribution in [3.05, 3.63) is 47.4 Å². The van der Waals surface area contributed by atoms with Crippen molar-refractivity contribution in [1.82, 2.24) is 9.97 Å². The molecule has 2 aromatic rings. The third-order valence-corrected chi connectivity index (χ3v) is 3.15. The first-order valence-corrected chi connectivity index (χ1v) is 7.51. The van der Waals surface area contributed by atoms with Crippen LogP contribution in [0, 0.1) is 6.92 Å². The molecule has 0 spiro atoms. The summed E-state index contributed by atoms with van der Waals surface area (Å²) in [6.07, 6.45) is 0.861. The molecule has 0 saturated carbocycles. The summed E-state index contributed by atoms with van der Waals surface area (Å²) in [6.45, 7) is 7.89. The number of nitrogens with zero attached hydrogens (tertiary/aromatic N) is 2. The maximum absolute atomic E-state index is 12.4. The van der Waals surface area contributed by atoms with Crippen molar-refractivity contribution in [2.45, 2.75) is 40.2 Å². The van der Waals surface area contributed by atoms with Crippen LogP contribution in [0.4, 0.5) is 11.5 Å². The maximum atomic E-state index is 12.4. The van der Waals surface area contributed by atoms with E-state index in [2.05, 4.69) is 27.5 Å². The van der Waals surface area contributed by atoms with Gasteiger partial charge in [-0.25, -0.2) is 9.97 Å². The summed E-state index contributed by atoms with van der Waals surface area (Å²) in [5.41, 5.74) is 2.29. The van der Waals surface area contributed by atoms with E-state index in [1.807, 2.05) is 38.1 Å². The van der Waals surface area contributed by atoms with E-state index >= 15 is 0 Å². The predicted octanol–water partition coefficient (Wildman–Crippen LogP) is 3.42. The van der Waals surface area contributed by atoms with E-state index in [1.54, 1.807) is 13.0 Å². The number of nitrogens with one attached hydrogen (secondary N) is 2. The summed E-state index contributed by atoms with van der Waals surface area (Å²) < 4.78 is 0. The Kier molecular flexibility index (Phi) is 5.09. The average molecular weight is 298 g/mol. The zero-order chi connectivity index (χ0) is 16.1. The molecule has 1 amide bonds. The summed E-state index contributed by atoms with van der Waals surface area (Å²) >= 11 is 0. The number of hydrogen-bond acceptors (Lipinski definition) is 4. The Hall–Kier alpha value is -2.43. The van der Waals surface area contributed by atoms with E-state index in [-0.39, 0.29) is 11.9 Å². The van der Waals surface area contributed by atoms with Crippen molar-refractivity contribution in [1.29, 1.82) is 0 Å². The molecule has 1 aromatic heterocycles. The molecule has 5 heteroatoms. The molecule has 1 aromatic carbocycles. The van der Waals surface area contributed by atoms with E-state index in [9.17, 15) is 4.79 Å². The second-order valence-corrected chi connectivity index (χ2v) is 5.45. The Bertz CT molecular complexity index is 667. The Morgan fingerprint density at radius 3 is 2.64 bits per heavy atom. The zero-order valence-corrected chi connectivity index (χ0v) is 13.5. The quantitative estimate of drug-likeness (QED) is 0.887. The molecule has 2 N–H and O–H groups in total. The van der Waals surface area contributed by atoms with Crippen LogP contribution in [0.5, 0.6) is 0 Å². The molecule has 0 saturated heterocycles. The molecule has 5 nitrogen and oxygen atoms in total. The van der Waals surface area contributed by atoms with Crippen LogP contribution >= 0.6 is 0 Å². The lowest BCUT2D eigenvalue weighted by Gasteiger charge is -2.12. The molecule has 0 aliphatic heterocycles. The minimum atomic E-state index is -0.224. The van der Waals surface area contributed by atoms with Gasteiger partial charge < -0.3 is 10.6 Å². The van der Waals surface area contributed by atoms with Gasteiger partial charge in [0.15, 0.2) is 0 Å². The van der Waals surface area contributed by atoms with Gasteiger partial charge in [0.25, 0.3) is 5.91 Å². The topological polar surface area (TPSA) is 66.9 Å². The molecule has 0 fully saturated rings. The average Bonchev–Trinajstić information content (AvgIpc) is 2.46. The Morgan fingerprint density at radius 1 is 1.23 bits per heavy atom. The highest BCUT2D eigenvalue weighted by Gasteiger charge is 2.12. The fourth-order valence-corrected chi connectivity index (χ4v) is 2.19. The van der Waals surface area contributed by atoms with Gasteiger partial charge in [-0.2, -0.15) is 0 Å². The van der Waals surface area contributed by atoms with Gasteiger partial charge in [0.05, 0.1) is 0 Å². The summed E-state index contributed by atoms with van der Waals surface area (Å²) in [6, 6.07) is 9.70. The van der Waals surface area contributed by atoms with E-state index < -0.39 is 0 Å². The Labute approximate surface area is 131 Å². The minimum absolute atomic E-state index is 0.224. The number of rotatable bonds is 5. The molecular weight excluding hydrogens is 276 g/mol. The molecule has 2 rings (SSSR count). The highest BCUT2D eigenvalue weighted by molar-refractivity contribution is 6.03. The number of anilines is 2. The van der Waals surface area contributed by atoms with Gasteiger partial charge in [-0.3, -0.25) is 4.79 Å². The smallest absolute Gasteiger partial charge is 0.274 e. The molecule has 116 valence electrons. The predicted molar refractivity (Wildman–Crippen MR) is 89.3 cm³/mol. The molecule has 0 bridgehead atoms. The van der Waals surface area contributed by atoms with E-state index in [4.69, 9.17) is 0 Å². The number of carbonyl (C=O) groups excluding carboxylic acids is 1. The fourth-order valence-electron chi connectivity index (χ4n) is 2.19. The van der Waals surface area contributed by atoms with Crippen molar-refractivity contribution in [2.24, 2.45) is 0 Å². The Balaban J connectivity index is 2.24. The molecule has 0 unspecified atom stereocenters. The SMILES string of the molecule is CCc1ccccc1NC(=O)c1cc(NC(C)C)nc(C)n1. The second kappa shape index (κ2) is 7.02. The van der Waals surface area contributed by atoms with Crippen LogP contribution in [0.15, 0.2) is 30.3 Å². The van der Waals surface area contributed by atoms with Crippen LogP contribution in [0.3, 0.4) is 0 Å². The number of para-hydroxylation sites is 1. The molecular formula is C17H22N4O. The number of carbonyl (C=O) groups is 1. The maximum Gasteiger partial charge on any atom is 0.274 e. The molecule has 22 heavy (non-hydrogen) atoms. The normalized spacial score (nSPS) is 10.6. The van der Waals surface area contributed by atoms with E-state index in [0.29, 0.717) is 17.3 Å². The van der Waals surface area contributed by atoms with E-state index in [1.165, 1.54) is 0 Å². The molecule has 0 radical (unpaired) electrons. The standard InChI is InChI=1S/C17H22N4O/c1-5-13-8-6-7-9-14(13)21-17(22)15-10-16(18-11(2)3)20-12(4)19-15/h6-11H,5H2,1-4H3,(H,21,22)(H,18,19,20). The van der Waals surface area contributed by atoms with Gasteiger partial charge in [0.2, 0.25) is 0 Å². The summed E-state index contributed by atoms with van der Waals surface area (Å²) in [7, 11) is 0. The van der Waals surface area contributed by atoms with E-state index in [0.717, 1.165) is 17.7 Å². The number of amides is 1. The molecule has 1 heterocycles. The summed E-state index contributed by atoms with van der Waals surface area (Å²) in [4.78, 5) is 21.0. The lowest BCUT2D eigenvalue weighted by molar-refractivity contribution is 0.102. The minimum Gasteiger partial charge on any atom is -0.368 e. The fraction of sp³-hybridized carbons (Fsp3) is 0.353. The van der Waals surface area contributed by atoms with Gasteiger partial charge in [0.1, 0.15) is 17.3 Å². The van der Waals surface area contributed by atoms with Crippen molar-refractivity contribution < 1.29 is 4.79 Å². The molecule has 0 atom stereocenters. The van der Waals surface area contributed by atoms with Crippen molar-refractivity contribution >= 4 is 17.4 Å². The first-order valence-electron chi connectivity index (χ1n) is 7.51. The van der Waals surface area contributed by atoms with Crippen LogP contribution in [-0.4, -0.2) is 21.9 Å². The first kappa shape index (κ1) is 15.9. The van der Waals surface area contributed by atoms with Crippen LogP contribution in [-0.2, 0) is 6.42 Å². The monoisotopic (exact) mass is 298 g/mol. The first-order chi connectivity index (χ1) is 10.5. The van der Waals surface area contributed by atoms with Gasteiger partial charge in [-0.05, 0) is 38.8 Å². The number of hydrogen-bond donors (Lipinski definition) is 2. The van der Waals surface area contributed by atoms with Crippen molar-refractivity contribution in [2.75, 3.05) is 10.6 Å². The lowest BCUT2D eigenvalue weighted by atomic mass is 10.1. The van der Waals surface area contributed by atoms with Gasteiger partial charge >= 0.3 is 0 Å². The highest BCUT2D eigenvalue weighted by atomic mass is 16.1. The van der Waals surface area contributed by atoms with Gasteiger partial charge in [-0.1, -0.05) is 25.1 Å². The Morgan fingerprint density at radius 2 is 1.95 bits per heavy atom. The second-order valence-electron chi connectivity index (χ2n) is 5.45. The number of aryl methyl sites for hydroxylation is 2. The highest BCUT2D eigenvalue weighted by Crippen LogP contribution is 2.17. The number of benzene rings is 1. The van der Waals surface area contributed by atoms with Crippen LogP contribution in [0.1, 0.15) is 42.6 Å². The molecule has 0 aliphatic rings. The third kappa shape index (κ3) is 4.04. The third-order valence-electron chi connectivity index (χ3n) is 3.15. The van der Waals surface area contributed by atoms with Gasteiger partial charge in [0, 0.05) is 17.8 Å². The van der Waals surface area contributed by atoms with Crippen LogP contribution in [0.2, 0.25) is 0 Å². The van der Waals surface area contributed by atoms with Crippen molar-refractivity contribution in [3.63, 3.8) is 0 Å². The largest absolute Gasteiger partial charge is 0.368 e. The lowest BCUT2D eigenvalue weighted by Crippen LogP contribution is -2.18. The summed E-state index contributed by atoms with van der Waals surface area (Å²) in [5, 5.41) is 6.12. The summed E-state index contributed by atoms with van der Waals surface area (Å²) in [5.74, 6) is 1.01. The van der Waals surface area contributed by atoms with Crippen LogP contribution in [0.25, 0.3) is 0 Å².